The summed E-state index contributed by atoms with van der Waals surface area (Å²) in [6.45, 7) is 12.8. The molecule has 0 bridgehead atoms. The third-order valence-corrected chi connectivity index (χ3v) is 3.53. The van der Waals surface area contributed by atoms with E-state index in [1.807, 2.05) is 20.8 Å². The molecule has 2 rings (SSSR count). The first-order valence-corrected chi connectivity index (χ1v) is 7.99. The van der Waals surface area contributed by atoms with Gasteiger partial charge in [0.25, 0.3) is 0 Å². The van der Waals surface area contributed by atoms with Crippen LogP contribution in [0.25, 0.3) is 0 Å². The zero-order valence-electron chi connectivity index (χ0n) is 13.9. The molecule has 0 aliphatic carbocycles. The number of rotatable bonds is 3. The number of aliphatic imine (C=N–C) groups is 1. The highest BCUT2D eigenvalue weighted by Gasteiger charge is 2.24. The summed E-state index contributed by atoms with van der Waals surface area (Å²) in [5.41, 5.74) is -0.463. The van der Waals surface area contributed by atoms with E-state index in [0.29, 0.717) is 19.6 Å². The zero-order chi connectivity index (χ0) is 16.0. The number of carbonyl (C=O) groups is 1. The Balaban J connectivity index is 1.71. The largest absolute Gasteiger partial charge is 0.444 e. The molecule has 1 fully saturated rings. The fraction of sp³-hybridized carbons (Fsp3) is 0.867. The SMILES string of the molecule is CC(C)(C)OC(=O)N1CCN=C(NCCN2CCOCC2)C1. The molecular formula is C15H28N4O3. The second kappa shape index (κ2) is 7.78. The van der Waals surface area contributed by atoms with Crippen LogP contribution in [0.1, 0.15) is 20.8 Å². The maximum atomic E-state index is 12.1. The molecule has 1 N–H and O–H groups in total. The monoisotopic (exact) mass is 312 g/mol. The molecule has 22 heavy (non-hydrogen) atoms. The van der Waals surface area contributed by atoms with Crippen LogP contribution in [0, 0.1) is 0 Å². The van der Waals surface area contributed by atoms with Gasteiger partial charge in [0, 0.05) is 32.7 Å². The molecule has 0 spiro atoms. The van der Waals surface area contributed by atoms with Gasteiger partial charge < -0.3 is 14.8 Å². The highest BCUT2D eigenvalue weighted by atomic mass is 16.6. The predicted octanol–water partition coefficient (Wildman–Crippen LogP) is 0.557. The molecule has 1 saturated heterocycles. The normalized spacial score (nSPS) is 20.5. The summed E-state index contributed by atoms with van der Waals surface area (Å²) in [5.74, 6) is 0.866. The minimum atomic E-state index is -0.463. The molecule has 1 amide bonds. The summed E-state index contributed by atoms with van der Waals surface area (Å²) in [4.78, 5) is 20.6. The molecular weight excluding hydrogens is 284 g/mol. The van der Waals surface area contributed by atoms with Crippen molar-refractivity contribution < 1.29 is 14.3 Å². The van der Waals surface area contributed by atoms with Crippen molar-refractivity contribution in [2.45, 2.75) is 26.4 Å². The van der Waals surface area contributed by atoms with Crippen LogP contribution in [-0.2, 0) is 9.47 Å². The molecule has 0 unspecified atom stereocenters. The first-order valence-electron chi connectivity index (χ1n) is 7.99. The van der Waals surface area contributed by atoms with Gasteiger partial charge in [0.1, 0.15) is 11.4 Å². The van der Waals surface area contributed by atoms with Gasteiger partial charge in [-0.2, -0.15) is 0 Å². The Kier molecular flexibility index (Phi) is 6.02. The lowest BCUT2D eigenvalue weighted by molar-refractivity contribution is 0.0275. The molecule has 0 saturated carbocycles. The average molecular weight is 312 g/mol. The van der Waals surface area contributed by atoms with Gasteiger partial charge in [0.2, 0.25) is 0 Å². The summed E-state index contributed by atoms with van der Waals surface area (Å²) < 4.78 is 10.7. The van der Waals surface area contributed by atoms with E-state index in [0.717, 1.165) is 45.2 Å². The molecule has 7 heteroatoms. The Morgan fingerprint density at radius 1 is 1.32 bits per heavy atom. The molecule has 2 heterocycles. The van der Waals surface area contributed by atoms with Gasteiger partial charge in [0.15, 0.2) is 0 Å². The highest BCUT2D eigenvalue weighted by molar-refractivity contribution is 5.87. The first-order chi connectivity index (χ1) is 10.4. The number of hydrogen-bond acceptors (Lipinski definition) is 6. The number of hydrogen-bond donors (Lipinski definition) is 1. The molecule has 126 valence electrons. The van der Waals surface area contributed by atoms with Gasteiger partial charge in [-0.1, -0.05) is 0 Å². The third kappa shape index (κ3) is 5.81. The van der Waals surface area contributed by atoms with Gasteiger partial charge in [-0.3, -0.25) is 14.8 Å². The number of ether oxygens (including phenoxy) is 2. The molecule has 2 aliphatic rings. The van der Waals surface area contributed by atoms with E-state index in [4.69, 9.17) is 9.47 Å². The van der Waals surface area contributed by atoms with Crippen molar-refractivity contribution >= 4 is 11.9 Å². The van der Waals surface area contributed by atoms with Crippen LogP contribution in [-0.4, -0.2) is 86.4 Å². The summed E-state index contributed by atoms with van der Waals surface area (Å²) in [6, 6.07) is 0. The molecule has 0 atom stereocenters. The van der Waals surface area contributed by atoms with Gasteiger partial charge >= 0.3 is 6.09 Å². The Labute approximate surface area is 132 Å². The van der Waals surface area contributed by atoms with E-state index in [1.54, 1.807) is 4.90 Å². The van der Waals surface area contributed by atoms with Crippen LogP contribution in [0.3, 0.4) is 0 Å². The van der Waals surface area contributed by atoms with E-state index < -0.39 is 5.60 Å². The molecule has 0 aromatic carbocycles. The standard InChI is InChI=1S/C15H28N4O3/c1-15(2,3)22-14(20)19-7-5-17-13(12-19)16-4-6-18-8-10-21-11-9-18/h4-12H2,1-3H3,(H,16,17). The summed E-state index contributed by atoms with van der Waals surface area (Å²) in [7, 11) is 0. The number of carbonyl (C=O) groups excluding carboxylic acids is 1. The second-order valence-corrected chi connectivity index (χ2v) is 6.61. The smallest absolute Gasteiger partial charge is 0.410 e. The van der Waals surface area contributed by atoms with Gasteiger partial charge in [0.05, 0.1) is 26.3 Å². The number of amidine groups is 1. The summed E-state index contributed by atoms with van der Waals surface area (Å²) in [6.07, 6.45) is -0.269. The topological polar surface area (TPSA) is 66.4 Å². The van der Waals surface area contributed by atoms with Crippen LogP contribution in [0.2, 0.25) is 0 Å². The Morgan fingerprint density at radius 3 is 2.73 bits per heavy atom. The quantitative estimate of drug-likeness (QED) is 0.825. The van der Waals surface area contributed by atoms with Crippen molar-refractivity contribution in [2.75, 3.05) is 59.0 Å². The van der Waals surface area contributed by atoms with Crippen molar-refractivity contribution in [1.29, 1.82) is 0 Å². The van der Waals surface area contributed by atoms with Crippen LogP contribution >= 0.6 is 0 Å². The maximum absolute atomic E-state index is 12.1. The number of nitrogens with zero attached hydrogens (tertiary/aromatic N) is 3. The van der Waals surface area contributed by atoms with Crippen molar-refractivity contribution in [3.63, 3.8) is 0 Å². The fourth-order valence-corrected chi connectivity index (χ4v) is 2.39. The molecule has 0 aromatic rings. The number of amides is 1. The van der Waals surface area contributed by atoms with E-state index in [1.165, 1.54) is 0 Å². The molecule has 7 nitrogen and oxygen atoms in total. The van der Waals surface area contributed by atoms with Crippen LogP contribution in [0.15, 0.2) is 4.99 Å². The first kappa shape index (κ1) is 17.0. The lowest BCUT2D eigenvalue weighted by Gasteiger charge is -2.30. The maximum Gasteiger partial charge on any atom is 0.410 e. The molecule has 2 aliphatic heterocycles. The van der Waals surface area contributed by atoms with Crippen molar-refractivity contribution in [3.8, 4) is 0 Å². The van der Waals surface area contributed by atoms with E-state index in [-0.39, 0.29) is 6.09 Å². The Bertz CT molecular complexity index is 400. The Hall–Kier alpha value is -1.34. The van der Waals surface area contributed by atoms with E-state index >= 15 is 0 Å². The van der Waals surface area contributed by atoms with Gasteiger partial charge in [-0.25, -0.2) is 4.79 Å². The minimum absolute atomic E-state index is 0.269. The van der Waals surface area contributed by atoms with Crippen LogP contribution in [0.4, 0.5) is 4.79 Å². The summed E-state index contributed by atoms with van der Waals surface area (Å²) in [5, 5.41) is 3.33. The number of nitrogens with one attached hydrogen (secondary N) is 1. The average Bonchev–Trinajstić information content (AvgIpc) is 2.47. The third-order valence-electron chi connectivity index (χ3n) is 3.53. The number of morpholine rings is 1. The highest BCUT2D eigenvalue weighted by Crippen LogP contribution is 2.10. The van der Waals surface area contributed by atoms with Crippen molar-refractivity contribution in [3.05, 3.63) is 0 Å². The van der Waals surface area contributed by atoms with Crippen molar-refractivity contribution in [2.24, 2.45) is 4.99 Å². The lowest BCUT2D eigenvalue weighted by Crippen LogP contribution is -2.48. The van der Waals surface area contributed by atoms with Crippen LogP contribution < -0.4 is 5.32 Å². The van der Waals surface area contributed by atoms with Gasteiger partial charge in [-0.05, 0) is 20.8 Å². The summed E-state index contributed by atoms with van der Waals surface area (Å²) >= 11 is 0. The lowest BCUT2D eigenvalue weighted by atomic mass is 10.2. The second-order valence-electron chi connectivity index (χ2n) is 6.61. The van der Waals surface area contributed by atoms with E-state index in [2.05, 4.69) is 15.2 Å². The van der Waals surface area contributed by atoms with E-state index in [9.17, 15) is 4.79 Å². The fourth-order valence-electron chi connectivity index (χ4n) is 2.39. The van der Waals surface area contributed by atoms with Crippen molar-refractivity contribution in [1.82, 2.24) is 15.1 Å². The Morgan fingerprint density at radius 2 is 2.05 bits per heavy atom. The molecule has 0 radical (unpaired) electrons. The minimum Gasteiger partial charge on any atom is -0.444 e. The predicted molar refractivity (Wildman–Crippen MR) is 85.4 cm³/mol. The zero-order valence-corrected chi connectivity index (χ0v) is 13.9. The van der Waals surface area contributed by atoms with Crippen LogP contribution in [0.5, 0.6) is 0 Å². The molecule has 0 aromatic heterocycles. The van der Waals surface area contributed by atoms with Gasteiger partial charge in [-0.15, -0.1) is 0 Å².